The molecule has 0 aliphatic heterocycles. The second-order valence-electron chi connectivity index (χ2n) is 6.00. The number of oxime groups is 1. The Balaban J connectivity index is 1.68. The Kier molecular flexibility index (Phi) is 7.05. The van der Waals surface area contributed by atoms with E-state index in [0.717, 1.165) is 5.56 Å². The van der Waals surface area contributed by atoms with Crippen LogP contribution in [0.3, 0.4) is 0 Å². The second kappa shape index (κ2) is 10.3. The van der Waals surface area contributed by atoms with Crippen molar-refractivity contribution in [1.82, 2.24) is 30.5 Å². The molecule has 1 amide bonds. The van der Waals surface area contributed by atoms with Crippen LogP contribution >= 0.6 is 0 Å². The van der Waals surface area contributed by atoms with Gasteiger partial charge in [-0.1, -0.05) is 47.5 Å². The summed E-state index contributed by atoms with van der Waals surface area (Å²) >= 11 is 0. The molecule has 0 aliphatic rings. The summed E-state index contributed by atoms with van der Waals surface area (Å²) in [4.78, 5) is 20.3. The second-order valence-corrected chi connectivity index (χ2v) is 6.00. The van der Waals surface area contributed by atoms with Crippen LogP contribution in [0, 0.1) is 11.8 Å². The van der Waals surface area contributed by atoms with Crippen LogP contribution in [0.1, 0.15) is 29.2 Å². The fourth-order valence-corrected chi connectivity index (χ4v) is 2.43. The molecule has 10 heteroatoms. The lowest BCUT2D eigenvalue weighted by molar-refractivity contribution is 0.128. The normalized spacial score (nSPS) is 10.8. The molecule has 2 N–H and O–H groups in total. The number of rotatable bonds is 7. The summed E-state index contributed by atoms with van der Waals surface area (Å²) in [6, 6.07) is 14.9. The fraction of sp³-hybridized carbons (Fsp3) is 0.200. The number of aromatic nitrogens is 5. The number of hydrogen-bond acceptors (Lipinski definition) is 7. The SMILES string of the molecule is Cn1nnnc1/C(=N\OCc1cccc(C#CCCNC(=O)O)n1)c1ccccc1. The highest BCUT2D eigenvalue weighted by Gasteiger charge is 2.14. The Labute approximate surface area is 172 Å². The highest BCUT2D eigenvalue weighted by Crippen LogP contribution is 2.09. The number of carbonyl (C=O) groups is 1. The zero-order valence-corrected chi connectivity index (χ0v) is 16.2. The molecule has 0 fully saturated rings. The van der Waals surface area contributed by atoms with Gasteiger partial charge in [0.2, 0.25) is 5.82 Å². The number of amides is 1. The van der Waals surface area contributed by atoms with E-state index < -0.39 is 6.09 Å². The molecule has 30 heavy (non-hydrogen) atoms. The summed E-state index contributed by atoms with van der Waals surface area (Å²) < 4.78 is 1.52. The van der Waals surface area contributed by atoms with Gasteiger partial charge in [0.05, 0.1) is 5.69 Å². The van der Waals surface area contributed by atoms with Crippen LogP contribution < -0.4 is 5.32 Å². The van der Waals surface area contributed by atoms with E-state index in [1.54, 1.807) is 19.2 Å². The molecule has 0 aliphatic carbocycles. The zero-order valence-electron chi connectivity index (χ0n) is 16.2. The minimum atomic E-state index is -1.07. The van der Waals surface area contributed by atoms with Crippen molar-refractivity contribution in [3.63, 3.8) is 0 Å². The lowest BCUT2D eigenvalue weighted by Gasteiger charge is -2.06. The standard InChI is InChI=1S/C20H19N7O3/c1-27-19(23-25-26-27)18(15-8-3-2-4-9-15)24-30-14-17-12-7-11-16(22-17)10-5-6-13-21-20(28)29/h2-4,7-9,11-12,21H,6,13-14H2,1H3,(H,28,29)/b24-18-. The lowest BCUT2D eigenvalue weighted by Crippen LogP contribution is -2.21. The van der Waals surface area contributed by atoms with Gasteiger partial charge in [0.1, 0.15) is 5.69 Å². The zero-order chi connectivity index (χ0) is 21.2. The molecular weight excluding hydrogens is 386 g/mol. The summed E-state index contributed by atoms with van der Waals surface area (Å²) in [5.74, 6) is 6.25. The first-order chi connectivity index (χ1) is 14.6. The molecule has 0 spiro atoms. The molecule has 0 unspecified atom stereocenters. The fourth-order valence-electron chi connectivity index (χ4n) is 2.43. The van der Waals surface area contributed by atoms with E-state index in [1.807, 2.05) is 36.4 Å². The molecule has 152 valence electrons. The lowest BCUT2D eigenvalue weighted by atomic mass is 10.1. The van der Waals surface area contributed by atoms with Gasteiger partial charge in [-0.2, -0.15) is 0 Å². The summed E-state index contributed by atoms with van der Waals surface area (Å²) in [6.07, 6.45) is -0.674. The molecule has 1 aromatic carbocycles. The highest BCUT2D eigenvalue weighted by atomic mass is 16.6. The molecule has 2 aromatic heterocycles. The van der Waals surface area contributed by atoms with Gasteiger partial charge in [0.25, 0.3) is 0 Å². The van der Waals surface area contributed by atoms with Gasteiger partial charge >= 0.3 is 6.09 Å². The van der Waals surface area contributed by atoms with E-state index in [-0.39, 0.29) is 13.2 Å². The molecule has 3 aromatic rings. The third-order valence-corrected chi connectivity index (χ3v) is 3.80. The van der Waals surface area contributed by atoms with Gasteiger partial charge in [-0.05, 0) is 28.5 Å². The maximum atomic E-state index is 10.4. The third kappa shape index (κ3) is 5.87. The largest absolute Gasteiger partial charge is 0.465 e. The molecular formula is C20H19N7O3. The van der Waals surface area contributed by atoms with Gasteiger partial charge < -0.3 is 15.3 Å². The van der Waals surface area contributed by atoms with Crippen molar-refractivity contribution in [3.8, 4) is 11.8 Å². The van der Waals surface area contributed by atoms with Crippen LogP contribution in [-0.2, 0) is 18.5 Å². The number of hydrogen-bond donors (Lipinski definition) is 2. The minimum absolute atomic E-state index is 0.137. The van der Waals surface area contributed by atoms with Crippen molar-refractivity contribution >= 4 is 11.8 Å². The minimum Gasteiger partial charge on any atom is -0.465 e. The van der Waals surface area contributed by atoms with Crippen molar-refractivity contribution in [2.45, 2.75) is 13.0 Å². The molecule has 0 radical (unpaired) electrons. The number of benzene rings is 1. The van der Waals surface area contributed by atoms with Crippen molar-refractivity contribution in [3.05, 3.63) is 71.3 Å². The topological polar surface area (TPSA) is 127 Å². The van der Waals surface area contributed by atoms with Gasteiger partial charge in [-0.25, -0.2) is 14.5 Å². The van der Waals surface area contributed by atoms with Gasteiger partial charge in [-0.15, -0.1) is 5.10 Å². The molecule has 0 atom stereocenters. The third-order valence-electron chi connectivity index (χ3n) is 3.80. The Morgan fingerprint density at radius 3 is 2.80 bits per heavy atom. The van der Waals surface area contributed by atoms with Crippen LogP contribution in [0.2, 0.25) is 0 Å². The Morgan fingerprint density at radius 2 is 2.07 bits per heavy atom. The predicted octanol–water partition coefficient (Wildman–Crippen LogP) is 1.58. The molecule has 2 heterocycles. The quantitative estimate of drug-likeness (QED) is 0.264. The van der Waals surface area contributed by atoms with E-state index in [1.165, 1.54) is 4.68 Å². The number of aryl methyl sites for hydroxylation is 1. The predicted molar refractivity (Wildman–Crippen MR) is 107 cm³/mol. The van der Waals surface area contributed by atoms with Crippen molar-refractivity contribution < 1.29 is 14.7 Å². The number of pyridine rings is 1. The first-order valence-electron chi connectivity index (χ1n) is 9.03. The Bertz CT molecular complexity index is 1080. The first kappa shape index (κ1) is 20.5. The maximum Gasteiger partial charge on any atom is 0.404 e. The van der Waals surface area contributed by atoms with Crippen LogP contribution in [0.25, 0.3) is 0 Å². The van der Waals surface area contributed by atoms with Crippen LogP contribution in [0.5, 0.6) is 0 Å². The average Bonchev–Trinajstić information content (AvgIpc) is 3.17. The molecule has 0 saturated carbocycles. The number of nitrogens with one attached hydrogen (secondary N) is 1. The van der Waals surface area contributed by atoms with E-state index in [0.29, 0.717) is 29.3 Å². The number of carboxylic acid groups (broad SMARTS) is 1. The van der Waals surface area contributed by atoms with E-state index in [2.05, 4.69) is 42.8 Å². The van der Waals surface area contributed by atoms with E-state index >= 15 is 0 Å². The van der Waals surface area contributed by atoms with E-state index in [9.17, 15) is 4.79 Å². The summed E-state index contributed by atoms with van der Waals surface area (Å²) in [5, 5.41) is 26.5. The van der Waals surface area contributed by atoms with Gasteiger partial charge in [0.15, 0.2) is 12.3 Å². The Hall–Kier alpha value is -4.26. The van der Waals surface area contributed by atoms with E-state index in [4.69, 9.17) is 9.94 Å². The summed E-state index contributed by atoms with van der Waals surface area (Å²) in [5.41, 5.74) is 2.54. The average molecular weight is 405 g/mol. The van der Waals surface area contributed by atoms with Crippen LogP contribution in [0.4, 0.5) is 4.79 Å². The number of tetrazole rings is 1. The maximum absolute atomic E-state index is 10.4. The molecule has 0 saturated heterocycles. The number of nitrogens with zero attached hydrogens (tertiary/aromatic N) is 6. The van der Waals surface area contributed by atoms with Crippen LogP contribution in [-0.4, -0.2) is 48.6 Å². The molecule has 3 rings (SSSR count). The van der Waals surface area contributed by atoms with Gasteiger partial charge in [0, 0.05) is 25.6 Å². The highest BCUT2D eigenvalue weighted by molar-refractivity contribution is 6.10. The first-order valence-corrected chi connectivity index (χ1v) is 9.03. The molecule has 10 nitrogen and oxygen atoms in total. The smallest absolute Gasteiger partial charge is 0.404 e. The van der Waals surface area contributed by atoms with Gasteiger partial charge in [-0.3, -0.25) is 0 Å². The van der Waals surface area contributed by atoms with Crippen molar-refractivity contribution in [2.75, 3.05) is 6.54 Å². The van der Waals surface area contributed by atoms with Crippen LogP contribution in [0.15, 0.2) is 53.7 Å². The van der Waals surface area contributed by atoms with Crippen molar-refractivity contribution in [1.29, 1.82) is 0 Å². The monoisotopic (exact) mass is 405 g/mol. The summed E-state index contributed by atoms with van der Waals surface area (Å²) in [6.45, 7) is 0.400. The summed E-state index contributed by atoms with van der Waals surface area (Å²) in [7, 11) is 1.73. The van der Waals surface area contributed by atoms with Crippen molar-refractivity contribution in [2.24, 2.45) is 12.2 Å². The molecule has 0 bridgehead atoms. The Morgan fingerprint density at radius 1 is 1.23 bits per heavy atom.